The maximum Gasteiger partial charge on any atom is 0.0801 e. The van der Waals surface area contributed by atoms with Crippen LogP contribution in [0.5, 0.6) is 0 Å². The van der Waals surface area contributed by atoms with Gasteiger partial charge in [-0.2, -0.15) is 0 Å². The summed E-state index contributed by atoms with van der Waals surface area (Å²) in [6.45, 7) is 5.05. The lowest BCUT2D eigenvalue weighted by molar-refractivity contribution is -0.00143. The maximum atomic E-state index is 9.78. The molecule has 0 saturated heterocycles. The average Bonchev–Trinajstić information content (AvgIpc) is 2.03. The second-order valence-corrected chi connectivity index (χ2v) is 4.70. The van der Waals surface area contributed by atoms with Gasteiger partial charge in [0.2, 0.25) is 0 Å². The summed E-state index contributed by atoms with van der Waals surface area (Å²) in [5, 5.41) is 9.78. The molecular weight excluding hydrogens is 164 g/mol. The van der Waals surface area contributed by atoms with E-state index in [1.807, 2.05) is 0 Å². The van der Waals surface area contributed by atoms with Crippen LogP contribution in [0.4, 0.5) is 0 Å². The highest BCUT2D eigenvalue weighted by molar-refractivity contribution is 4.79. The second-order valence-electron chi connectivity index (χ2n) is 4.70. The molecule has 2 nitrogen and oxygen atoms in total. The molecule has 78 valence electrons. The van der Waals surface area contributed by atoms with Crippen molar-refractivity contribution < 1.29 is 9.84 Å². The van der Waals surface area contributed by atoms with Gasteiger partial charge in [-0.15, -0.1) is 0 Å². The van der Waals surface area contributed by atoms with E-state index in [1.54, 1.807) is 7.11 Å². The van der Waals surface area contributed by atoms with E-state index in [4.69, 9.17) is 4.74 Å². The molecule has 0 aromatic rings. The van der Waals surface area contributed by atoms with Gasteiger partial charge in [0.05, 0.1) is 12.7 Å². The maximum absolute atomic E-state index is 9.78. The smallest absolute Gasteiger partial charge is 0.0801 e. The molecule has 0 aromatic heterocycles. The molecule has 0 bridgehead atoms. The molecule has 1 N–H and O–H groups in total. The SMILES string of the molecule is COCC(O)C1CC(C)CC(C)C1. The van der Waals surface area contributed by atoms with E-state index in [-0.39, 0.29) is 6.10 Å². The van der Waals surface area contributed by atoms with Crippen molar-refractivity contribution in [3.8, 4) is 0 Å². The Hall–Kier alpha value is -0.0800. The van der Waals surface area contributed by atoms with Gasteiger partial charge in [-0.3, -0.25) is 0 Å². The van der Waals surface area contributed by atoms with Gasteiger partial charge >= 0.3 is 0 Å². The lowest BCUT2D eigenvalue weighted by Gasteiger charge is -2.34. The third-order valence-electron chi connectivity index (χ3n) is 3.10. The van der Waals surface area contributed by atoms with Gasteiger partial charge in [0.15, 0.2) is 0 Å². The van der Waals surface area contributed by atoms with E-state index in [2.05, 4.69) is 13.8 Å². The Balaban J connectivity index is 2.40. The molecule has 1 fully saturated rings. The molecule has 1 saturated carbocycles. The van der Waals surface area contributed by atoms with Crippen molar-refractivity contribution in [2.75, 3.05) is 13.7 Å². The van der Waals surface area contributed by atoms with Gasteiger partial charge in [-0.1, -0.05) is 13.8 Å². The first-order valence-corrected chi connectivity index (χ1v) is 5.30. The first-order chi connectivity index (χ1) is 6.13. The van der Waals surface area contributed by atoms with Crippen LogP contribution in [0, 0.1) is 17.8 Å². The van der Waals surface area contributed by atoms with E-state index in [0.29, 0.717) is 12.5 Å². The standard InChI is InChI=1S/C11H22O2/c1-8-4-9(2)6-10(5-8)11(12)7-13-3/h8-12H,4-7H2,1-3H3. The molecule has 3 unspecified atom stereocenters. The summed E-state index contributed by atoms with van der Waals surface area (Å²) in [6, 6.07) is 0. The third kappa shape index (κ3) is 3.28. The van der Waals surface area contributed by atoms with Crippen molar-refractivity contribution in [1.82, 2.24) is 0 Å². The van der Waals surface area contributed by atoms with Crippen LogP contribution in [-0.4, -0.2) is 24.9 Å². The molecule has 0 amide bonds. The Morgan fingerprint density at radius 3 is 2.23 bits per heavy atom. The van der Waals surface area contributed by atoms with Gasteiger partial charge in [0, 0.05) is 7.11 Å². The average molecular weight is 186 g/mol. The molecule has 1 aliphatic carbocycles. The minimum Gasteiger partial charge on any atom is -0.390 e. The predicted molar refractivity (Wildman–Crippen MR) is 53.6 cm³/mol. The molecule has 2 heteroatoms. The fourth-order valence-corrected chi connectivity index (χ4v) is 2.63. The highest BCUT2D eigenvalue weighted by Gasteiger charge is 2.28. The minimum absolute atomic E-state index is 0.254. The highest BCUT2D eigenvalue weighted by Crippen LogP contribution is 2.34. The van der Waals surface area contributed by atoms with Crippen molar-refractivity contribution in [2.24, 2.45) is 17.8 Å². The minimum atomic E-state index is -0.254. The Bertz CT molecular complexity index is 137. The molecule has 0 aromatic carbocycles. The molecule has 13 heavy (non-hydrogen) atoms. The molecule has 0 spiro atoms. The van der Waals surface area contributed by atoms with Gasteiger partial charge in [-0.25, -0.2) is 0 Å². The van der Waals surface area contributed by atoms with E-state index in [1.165, 1.54) is 6.42 Å². The summed E-state index contributed by atoms with van der Waals surface area (Å²) in [7, 11) is 1.65. The monoisotopic (exact) mass is 186 g/mol. The lowest BCUT2D eigenvalue weighted by Crippen LogP contribution is -2.32. The van der Waals surface area contributed by atoms with Gasteiger partial charge in [-0.05, 0) is 37.0 Å². The largest absolute Gasteiger partial charge is 0.390 e. The topological polar surface area (TPSA) is 29.5 Å². The first kappa shape index (κ1) is 11.0. The predicted octanol–water partition coefficient (Wildman–Crippen LogP) is 2.07. The number of ether oxygens (including phenoxy) is 1. The molecule has 0 radical (unpaired) electrons. The molecule has 0 aliphatic heterocycles. The fourth-order valence-electron chi connectivity index (χ4n) is 2.63. The number of aliphatic hydroxyl groups excluding tert-OH is 1. The van der Waals surface area contributed by atoms with Gasteiger partial charge < -0.3 is 9.84 Å². The molecule has 0 heterocycles. The van der Waals surface area contributed by atoms with Crippen molar-refractivity contribution in [3.63, 3.8) is 0 Å². The molecule has 1 rings (SSSR count). The summed E-state index contributed by atoms with van der Waals surface area (Å²) >= 11 is 0. The third-order valence-corrected chi connectivity index (χ3v) is 3.10. The quantitative estimate of drug-likeness (QED) is 0.731. The highest BCUT2D eigenvalue weighted by atomic mass is 16.5. The molecule has 3 atom stereocenters. The second kappa shape index (κ2) is 4.97. The Morgan fingerprint density at radius 1 is 1.23 bits per heavy atom. The zero-order valence-corrected chi connectivity index (χ0v) is 8.99. The van der Waals surface area contributed by atoms with E-state index >= 15 is 0 Å². The normalized spacial score (nSPS) is 37.4. The number of methoxy groups -OCH3 is 1. The number of hydrogen-bond donors (Lipinski definition) is 1. The van der Waals surface area contributed by atoms with Crippen LogP contribution in [0.25, 0.3) is 0 Å². The van der Waals surface area contributed by atoms with Crippen LogP contribution in [0.2, 0.25) is 0 Å². The van der Waals surface area contributed by atoms with Crippen LogP contribution in [-0.2, 0) is 4.74 Å². The van der Waals surface area contributed by atoms with Gasteiger partial charge in [0.25, 0.3) is 0 Å². The summed E-state index contributed by atoms with van der Waals surface area (Å²) in [5.74, 6) is 1.99. The number of hydrogen-bond acceptors (Lipinski definition) is 2. The summed E-state index contributed by atoms with van der Waals surface area (Å²) in [5.41, 5.74) is 0. The molecule has 1 aliphatic rings. The van der Waals surface area contributed by atoms with Crippen LogP contribution < -0.4 is 0 Å². The van der Waals surface area contributed by atoms with Gasteiger partial charge in [0.1, 0.15) is 0 Å². The van der Waals surface area contributed by atoms with Crippen LogP contribution >= 0.6 is 0 Å². The first-order valence-electron chi connectivity index (χ1n) is 5.30. The number of aliphatic hydroxyl groups is 1. The zero-order chi connectivity index (χ0) is 9.84. The summed E-state index contributed by atoms with van der Waals surface area (Å²) < 4.78 is 4.98. The van der Waals surface area contributed by atoms with Crippen LogP contribution in [0.3, 0.4) is 0 Å². The van der Waals surface area contributed by atoms with E-state index in [9.17, 15) is 5.11 Å². The van der Waals surface area contributed by atoms with E-state index < -0.39 is 0 Å². The van der Waals surface area contributed by atoms with Crippen LogP contribution in [0.15, 0.2) is 0 Å². The van der Waals surface area contributed by atoms with Crippen molar-refractivity contribution in [2.45, 2.75) is 39.2 Å². The Kier molecular flexibility index (Phi) is 4.20. The van der Waals surface area contributed by atoms with Crippen molar-refractivity contribution >= 4 is 0 Å². The fraction of sp³-hybridized carbons (Fsp3) is 1.00. The number of rotatable bonds is 3. The summed E-state index contributed by atoms with van der Waals surface area (Å²) in [6.07, 6.45) is 3.38. The van der Waals surface area contributed by atoms with Crippen molar-refractivity contribution in [1.29, 1.82) is 0 Å². The van der Waals surface area contributed by atoms with E-state index in [0.717, 1.165) is 24.7 Å². The van der Waals surface area contributed by atoms with Crippen molar-refractivity contribution in [3.05, 3.63) is 0 Å². The lowest BCUT2D eigenvalue weighted by atomic mass is 9.74. The Morgan fingerprint density at radius 2 is 1.77 bits per heavy atom. The molecular formula is C11H22O2. The summed E-state index contributed by atoms with van der Waals surface area (Å²) in [4.78, 5) is 0. The zero-order valence-electron chi connectivity index (χ0n) is 8.99. The van der Waals surface area contributed by atoms with Crippen LogP contribution in [0.1, 0.15) is 33.1 Å². The Labute approximate surface area is 81.3 Å².